The van der Waals surface area contributed by atoms with Gasteiger partial charge in [0.15, 0.2) is 5.82 Å². The van der Waals surface area contributed by atoms with Crippen molar-refractivity contribution in [2.24, 2.45) is 0 Å². The molecule has 1 aliphatic heterocycles. The van der Waals surface area contributed by atoms with Gasteiger partial charge in [-0.3, -0.25) is 0 Å². The van der Waals surface area contributed by atoms with Crippen LogP contribution in [-0.2, 0) is 16.6 Å². The van der Waals surface area contributed by atoms with Gasteiger partial charge in [-0.25, -0.2) is 17.7 Å². The Balaban J connectivity index is 1.49. The molecule has 2 aromatic rings. The van der Waals surface area contributed by atoms with E-state index < -0.39 is 10.0 Å². The normalized spacial score (nSPS) is 19.9. The molecular weight excluding hydrogens is 352 g/mol. The lowest BCUT2D eigenvalue weighted by atomic mass is 9.97. The van der Waals surface area contributed by atoms with E-state index in [1.165, 1.54) is 12.8 Å². The molecule has 2 fully saturated rings. The van der Waals surface area contributed by atoms with Crippen molar-refractivity contribution in [2.45, 2.75) is 57.5 Å². The number of imidazole rings is 1. The predicted molar refractivity (Wildman–Crippen MR) is 97.2 cm³/mol. The molecule has 4 rings (SSSR count). The Morgan fingerprint density at radius 1 is 1.15 bits per heavy atom. The molecule has 0 bridgehead atoms. The number of hydrogen-bond acceptors (Lipinski definition) is 5. The van der Waals surface area contributed by atoms with Crippen LogP contribution in [0.5, 0.6) is 0 Å². The molecule has 1 saturated carbocycles. The van der Waals surface area contributed by atoms with Crippen molar-refractivity contribution in [1.29, 1.82) is 0 Å². The summed E-state index contributed by atoms with van der Waals surface area (Å²) in [6, 6.07) is 0.500. The number of nitrogens with zero attached hydrogens (tertiary/aromatic N) is 6. The third kappa shape index (κ3) is 3.55. The van der Waals surface area contributed by atoms with Gasteiger partial charge in [0.05, 0.1) is 18.6 Å². The molecule has 1 aliphatic carbocycles. The van der Waals surface area contributed by atoms with Crippen LogP contribution in [0.2, 0.25) is 0 Å². The second-order valence-electron chi connectivity index (χ2n) is 7.30. The summed E-state index contributed by atoms with van der Waals surface area (Å²) in [4.78, 5) is 4.09. The number of aromatic nitrogens is 5. The van der Waals surface area contributed by atoms with Crippen LogP contribution < -0.4 is 0 Å². The van der Waals surface area contributed by atoms with Crippen molar-refractivity contribution in [2.75, 3.05) is 18.8 Å². The maximum Gasteiger partial charge on any atom is 0.214 e. The van der Waals surface area contributed by atoms with E-state index in [0.29, 0.717) is 32.1 Å². The van der Waals surface area contributed by atoms with E-state index in [1.807, 2.05) is 17.7 Å². The largest absolute Gasteiger partial charge is 0.330 e. The van der Waals surface area contributed by atoms with E-state index in [2.05, 4.69) is 19.7 Å². The predicted octanol–water partition coefficient (Wildman–Crippen LogP) is 1.78. The summed E-state index contributed by atoms with van der Waals surface area (Å²) in [5.41, 5.74) is 0. The lowest BCUT2D eigenvalue weighted by molar-refractivity contribution is 0.308. The highest BCUT2D eigenvalue weighted by molar-refractivity contribution is 7.89. The molecule has 0 radical (unpaired) electrons. The van der Waals surface area contributed by atoms with E-state index in [4.69, 9.17) is 0 Å². The first-order valence-electron chi connectivity index (χ1n) is 9.45. The van der Waals surface area contributed by atoms with Crippen molar-refractivity contribution in [3.63, 3.8) is 0 Å². The standard InChI is InChI=1S/C17H26N6O2S/c1-2-11-26(24,25)22-8-5-14(6-9-22)17-20-19-16(23(17)15-3-4-15)12-21-10-7-18-13-21/h7,10,13-15H,2-6,8-9,11-12H2,1H3. The highest BCUT2D eigenvalue weighted by Crippen LogP contribution is 2.40. The van der Waals surface area contributed by atoms with Crippen LogP contribution in [-0.4, -0.2) is 55.9 Å². The van der Waals surface area contributed by atoms with Gasteiger partial charge in [-0.05, 0) is 32.1 Å². The fourth-order valence-corrected chi connectivity index (χ4v) is 5.32. The monoisotopic (exact) mass is 378 g/mol. The third-order valence-corrected chi connectivity index (χ3v) is 7.34. The Hall–Kier alpha value is -1.74. The Morgan fingerprint density at radius 2 is 1.92 bits per heavy atom. The lowest BCUT2D eigenvalue weighted by Gasteiger charge is -2.31. The van der Waals surface area contributed by atoms with Crippen molar-refractivity contribution >= 4 is 10.0 Å². The number of sulfonamides is 1. The van der Waals surface area contributed by atoms with Crippen LogP contribution in [0.3, 0.4) is 0 Å². The average Bonchev–Trinajstić information content (AvgIpc) is 3.17. The van der Waals surface area contributed by atoms with Crippen LogP contribution in [0.15, 0.2) is 18.7 Å². The van der Waals surface area contributed by atoms with Gasteiger partial charge in [0.25, 0.3) is 0 Å². The summed E-state index contributed by atoms with van der Waals surface area (Å²) in [6.45, 7) is 3.75. The second-order valence-corrected chi connectivity index (χ2v) is 9.39. The van der Waals surface area contributed by atoms with E-state index in [1.54, 1.807) is 16.8 Å². The molecule has 0 amide bonds. The second kappa shape index (κ2) is 7.11. The summed E-state index contributed by atoms with van der Waals surface area (Å²) >= 11 is 0. The highest BCUT2D eigenvalue weighted by atomic mass is 32.2. The topological polar surface area (TPSA) is 85.9 Å². The van der Waals surface area contributed by atoms with Gasteiger partial charge in [0.2, 0.25) is 10.0 Å². The molecule has 1 saturated heterocycles. The van der Waals surface area contributed by atoms with Crippen molar-refractivity contribution < 1.29 is 8.42 Å². The smallest absolute Gasteiger partial charge is 0.214 e. The van der Waals surface area contributed by atoms with Crippen molar-refractivity contribution in [1.82, 2.24) is 28.6 Å². The first-order chi connectivity index (χ1) is 12.6. The van der Waals surface area contributed by atoms with Gasteiger partial charge < -0.3 is 9.13 Å². The Labute approximate surface area is 154 Å². The zero-order chi connectivity index (χ0) is 18.1. The van der Waals surface area contributed by atoms with E-state index in [-0.39, 0.29) is 11.7 Å². The molecule has 2 aromatic heterocycles. The number of hydrogen-bond donors (Lipinski definition) is 0. The maximum absolute atomic E-state index is 12.3. The summed E-state index contributed by atoms with van der Waals surface area (Å²) in [5, 5.41) is 8.97. The van der Waals surface area contributed by atoms with E-state index in [0.717, 1.165) is 24.5 Å². The molecule has 26 heavy (non-hydrogen) atoms. The minimum absolute atomic E-state index is 0.241. The zero-order valence-corrected chi connectivity index (χ0v) is 16.0. The minimum atomic E-state index is -3.10. The van der Waals surface area contributed by atoms with Gasteiger partial charge in [0.1, 0.15) is 5.82 Å². The molecule has 0 atom stereocenters. The molecule has 0 spiro atoms. The molecule has 8 nitrogen and oxygen atoms in total. The maximum atomic E-state index is 12.3. The fourth-order valence-electron chi connectivity index (χ4n) is 3.78. The highest BCUT2D eigenvalue weighted by Gasteiger charge is 2.35. The first kappa shape index (κ1) is 17.7. The molecule has 0 unspecified atom stereocenters. The van der Waals surface area contributed by atoms with Gasteiger partial charge in [-0.15, -0.1) is 10.2 Å². The molecule has 142 valence electrons. The van der Waals surface area contributed by atoms with Gasteiger partial charge in [0, 0.05) is 37.4 Å². The summed E-state index contributed by atoms with van der Waals surface area (Å²) in [7, 11) is -3.10. The molecule has 0 N–H and O–H groups in total. The minimum Gasteiger partial charge on any atom is -0.330 e. The van der Waals surface area contributed by atoms with E-state index >= 15 is 0 Å². The summed E-state index contributed by atoms with van der Waals surface area (Å²) < 4.78 is 30.5. The Bertz CT molecular complexity index is 833. The molecule has 0 aromatic carbocycles. The average molecular weight is 379 g/mol. The fraction of sp³-hybridized carbons (Fsp3) is 0.706. The van der Waals surface area contributed by atoms with Crippen LogP contribution in [0.4, 0.5) is 0 Å². The van der Waals surface area contributed by atoms with Gasteiger partial charge >= 0.3 is 0 Å². The van der Waals surface area contributed by atoms with Crippen molar-refractivity contribution in [3.05, 3.63) is 30.4 Å². The first-order valence-corrected chi connectivity index (χ1v) is 11.1. The Kier molecular flexibility index (Phi) is 4.83. The van der Waals surface area contributed by atoms with Crippen LogP contribution in [0, 0.1) is 0 Å². The van der Waals surface area contributed by atoms with Gasteiger partial charge in [-0.2, -0.15) is 0 Å². The summed E-state index contributed by atoms with van der Waals surface area (Å²) in [6.07, 6.45) is 10.1. The Morgan fingerprint density at radius 3 is 2.54 bits per heavy atom. The lowest BCUT2D eigenvalue weighted by Crippen LogP contribution is -2.39. The molecule has 3 heterocycles. The number of piperidine rings is 1. The molecule has 2 aliphatic rings. The van der Waals surface area contributed by atoms with Crippen LogP contribution in [0.1, 0.15) is 62.6 Å². The molecule has 9 heteroatoms. The quantitative estimate of drug-likeness (QED) is 0.733. The molecular formula is C17H26N6O2S. The van der Waals surface area contributed by atoms with E-state index in [9.17, 15) is 8.42 Å². The SMILES string of the molecule is CCCS(=O)(=O)N1CCC(c2nnc(Cn3ccnc3)n2C2CC2)CC1. The van der Waals surface area contributed by atoms with Gasteiger partial charge in [-0.1, -0.05) is 6.92 Å². The van der Waals surface area contributed by atoms with Crippen molar-refractivity contribution in [3.8, 4) is 0 Å². The zero-order valence-electron chi connectivity index (χ0n) is 15.2. The van der Waals surface area contributed by atoms with Crippen LogP contribution >= 0.6 is 0 Å². The van der Waals surface area contributed by atoms with Crippen LogP contribution in [0.25, 0.3) is 0 Å². The third-order valence-electron chi connectivity index (χ3n) is 5.26. The number of rotatable bonds is 7. The summed E-state index contributed by atoms with van der Waals surface area (Å²) in [5.74, 6) is 2.54.